The van der Waals surface area contributed by atoms with E-state index in [1.807, 2.05) is 0 Å². The van der Waals surface area contributed by atoms with Gasteiger partial charge < -0.3 is 0 Å². The standard InChI is InChI=1S/C8H16/c1-6(2)8-5-4-7(8)3/h6-8H,4-5H2,1-3H3/t7-,8?/m0/s1. The molecular weight excluding hydrogens is 96.1 g/mol. The van der Waals surface area contributed by atoms with E-state index in [4.69, 9.17) is 0 Å². The van der Waals surface area contributed by atoms with E-state index in [0.29, 0.717) is 0 Å². The minimum absolute atomic E-state index is 0.929. The van der Waals surface area contributed by atoms with Gasteiger partial charge in [-0.15, -0.1) is 0 Å². The minimum Gasteiger partial charge on any atom is -0.0625 e. The molecule has 0 saturated heterocycles. The van der Waals surface area contributed by atoms with E-state index in [-0.39, 0.29) is 0 Å². The van der Waals surface area contributed by atoms with Crippen LogP contribution in [-0.2, 0) is 0 Å². The molecule has 0 heteroatoms. The van der Waals surface area contributed by atoms with Gasteiger partial charge in [0, 0.05) is 0 Å². The quantitative estimate of drug-likeness (QED) is 0.489. The Bertz CT molecular complexity index is 69.4. The van der Waals surface area contributed by atoms with Gasteiger partial charge in [-0.3, -0.25) is 0 Å². The molecule has 1 unspecified atom stereocenters. The summed E-state index contributed by atoms with van der Waals surface area (Å²) in [7, 11) is 0. The lowest BCUT2D eigenvalue weighted by atomic mass is 9.69. The van der Waals surface area contributed by atoms with Crippen molar-refractivity contribution in [2.75, 3.05) is 0 Å². The molecule has 1 rings (SSSR count). The van der Waals surface area contributed by atoms with Gasteiger partial charge in [-0.25, -0.2) is 0 Å². The van der Waals surface area contributed by atoms with E-state index in [1.165, 1.54) is 12.8 Å². The van der Waals surface area contributed by atoms with Gasteiger partial charge in [0.05, 0.1) is 0 Å². The first-order valence-electron chi connectivity index (χ1n) is 3.72. The Hall–Kier alpha value is 0. The van der Waals surface area contributed by atoms with E-state index in [9.17, 15) is 0 Å². The van der Waals surface area contributed by atoms with Crippen LogP contribution >= 0.6 is 0 Å². The second kappa shape index (κ2) is 2.08. The maximum atomic E-state index is 2.37. The Morgan fingerprint density at radius 2 is 1.88 bits per heavy atom. The molecule has 0 spiro atoms. The van der Waals surface area contributed by atoms with Crippen LogP contribution in [0.3, 0.4) is 0 Å². The molecule has 0 nitrogen and oxygen atoms in total. The first-order valence-corrected chi connectivity index (χ1v) is 3.72. The molecule has 0 aromatic heterocycles. The van der Waals surface area contributed by atoms with Crippen LogP contribution in [0.25, 0.3) is 0 Å². The van der Waals surface area contributed by atoms with Gasteiger partial charge in [0.2, 0.25) is 0 Å². The van der Waals surface area contributed by atoms with Crippen LogP contribution in [0.15, 0.2) is 0 Å². The predicted octanol–water partition coefficient (Wildman–Crippen LogP) is 2.69. The largest absolute Gasteiger partial charge is 0.0625 e. The van der Waals surface area contributed by atoms with E-state index < -0.39 is 0 Å². The maximum absolute atomic E-state index is 2.37. The van der Waals surface area contributed by atoms with Crippen molar-refractivity contribution in [3.8, 4) is 0 Å². The van der Waals surface area contributed by atoms with Gasteiger partial charge in [0.15, 0.2) is 0 Å². The third-order valence-electron chi connectivity index (χ3n) is 2.54. The van der Waals surface area contributed by atoms with Crippen molar-refractivity contribution >= 4 is 0 Å². The highest BCUT2D eigenvalue weighted by atomic mass is 14.3. The van der Waals surface area contributed by atoms with Crippen LogP contribution in [-0.4, -0.2) is 0 Å². The van der Waals surface area contributed by atoms with E-state index >= 15 is 0 Å². The maximum Gasteiger partial charge on any atom is -0.0365 e. The van der Waals surface area contributed by atoms with Crippen molar-refractivity contribution < 1.29 is 0 Å². The molecule has 0 bridgehead atoms. The lowest BCUT2D eigenvalue weighted by Gasteiger charge is -2.36. The van der Waals surface area contributed by atoms with E-state index in [1.54, 1.807) is 0 Å². The van der Waals surface area contributed by atoms with Crippen molar-refractivity contribution in [3.05, 3.63) is 0 Å². The molecular formula is C8H16. The van der Waals surface area contributed by atoms with E-state index in [2.05, 4.69) is 20.8 Å². The molecule has 1 aliphatic rings. The number of rotatable bonds is 1. The Balaban J connectivity index is 2.26. The summed E-state index contributed by atoms with van der Waals surface area (Å²) < 4.78 is 0. The fourth-order valence-electron chi connectivity index (χ4n) is 1.68. The average molecular weight is 112 g/mol. The molecule has 0 aromatic rings. The molecule has 0 N–H and O–H groups in total. The highest BCUT2D eigenvalue weighted by Crippen LogP contribution is 2.38. The summed E-state index contributed by atoms with van der Waals surface area (Å²) in [5.41, 5.74) is 0. The third kappa shape index (κ3) is 0.888. The second-order valence-corrected chi connectivity index (χ2v) is 3.46. The summed E-state index contributed by atoms with van der Waals surface area (Å²) >= 11 is 0. The Morgan fingerprint density at radius 3 is 1.88 bits per heavy atom. The number of hydrogen-bond acceptors (Lipinski definition) is 0. The molecule has 48 valence electrons. The van der Waals surface area contributed by atoms with Crippen LogP contribution in [0.5, 0.6) is 0 Å². The lowest BCUT2D eigenvalue weighted by Crippen LogP contribution is -2.27. The molecule has 0 radical (unpaired) electrons. The first kappa shape index (κ1) is 6.12. The van der Waals surface area contributed by atoms with Crippen LogP contribution in [0, 0.1) is 17.8 Å². The van der Waals surface area contributed by atoms with Crippen LogP contribution in [0.1, 0.15) is 33.6 Å². The SMILES string of the molecule is CC(C)C1CC[C@@H]1C. The molecule has 1 saturated carbocycles. The van der Waals surface area contributed by atoms with Crippen molar-refractivity contribution in [3.63, 3.8) is 0 Å². The van der Waals surface area contributed by atoms with Gasteiger partial charge in [-0.2, -0.15) is 0 Å². The zero-order chi connectivity index (χ0) is 6.15. The van der Waals surface area contributed by atoms with Gasteiger partial charge in [0.1, 0.15) is 0 Å². The minimum atomic E-state index is 0.929. The molecule has 0 aromatic carbocycles. The number of hydrogen-bond donors (Lipinski definition) is 0. The summed E-state index contributed by atoms with van der Waals surface area (Å²) in [6, 6.07) is 0. The molecule has 0 amide bonds. The Labute approximate surface area is 52.3 Å². The zero-order valence-electron chi connectivity index (χ0n) is 6.15. The molecule has 0 aliphatic heterocycles. The topological polar surface area (TPSA) is 0 Å². The van der Waals surface area contributed by atoms with Gasteiger partial charge in [0.25, 0.3) is 0 Å². The first-order chi connectivity index (χ1) is 3.72. The zero-order valence-corrected chi connectivity index (χ0v) is 6.15. The summed E-state index contributed by atoms with van der Waals surface area (Å²) in [5, 5.41) is 0. The normalized spacial score (nSPS) is 37.5. The monoisotopic (exact) mass is 112 g/mol. The molecule has 1 aliphatic carbocycles. The fraction of sp³-hybridized carbons (Fsp3) is 1.00. The van der Waals surface area contributed by atoms with Crippen LogP contribution < -0.4 is 0 Å². The molecule has 1 fully saturated rings. The average Bonchev–Trinajstić information content (AvgIpc) is 1.61. The van der Waals surface area contributed by atoms with Crippen molar-refractivity contribution in [1.29, 1.82) is 0 Å². The lowest BCUT2D eigenvalue weighted by molar-refractivity contribution is 0.139. The Kier molecular flexibility index (Phi) is 1.59. The van der Waals surface area contributed by atoms with Gasteiger partial charge >= 0.3 is 0 Å². The summed E-state index contributed by atoms with van der Waals surface area (Å²) in [5.74, 6) is 3.00. The molecule has 0 heterocycles. The van der Waals surface area contributed by atoms with Crippen molar-refractivity contribution in [2.45, 2.75) is 33.6 Å². The highest BCUT2D eigenvalue weighted by Gasteiger charge is 2.28. The smallest absolute Gasteiger partial charge is 0.0365 e. The summed E-state index contributed by atoms with van der Waals surface area (Å²) in [6.07, 6.45) is 2.96. The van der Waals surface area contributed by atoms with Crippen LogP contribution in [0.4, 0.5) is 0 Å². The van der Waals surface area contributed by atoms with Crippen molar-refractivity contribution in [1.82, 2.24) is 0 Å². The van der Waals surface area contributed by atoms with Gasteiger partial charge in [-0.05, 0) is 24.2 Å². The third-order valence-corrected chi connectivity index (χ3v) is 2.54. The summed E-state index contributed by atoms with van der Waals surface area (Å²) in [6.45, 7) is 7.04. The fourth-order valence-corrected chi connectivity index (χ4v) is 1.68. The second-order valence-electron chi connectivity index (χ2n) is 3.46. The summed E-state index contributed by atoms with van der Waals surface area (Å²) in [4.78, 5) is 0. The van der Waals surface area contributed by atoms with Gasteiger partial charge in [-0.1, -0.05) is 27.2 Å². The van der Waals surface area contributed by atoms with Crippen LogP contribution in [0.2, 0.25) is 0 Å². The van der Waals surface area contributed by atoms with E-state index in [0.717, 1.165) is 17.8 Å². The highest BCUT2D eigenvalue weighted by molar-refractivity contribution is 4.78. The Morgan fingerprint density at radius 1 is 1.25 bits per heavy atom. The van der Waals surface area contributed by atoms with Crippen molar-refractivity contribution in [2.24, 2.45) is 17.8 Å². The molecule has 8 heavy (non-hydrogen) atoms. The molecule has 2 atom stereocenters. The predicted molar refractivity (Wildman–Crippen MR) is 36.7 cm³/mol.